The Kier molecular flexibility index (Phi) is 4.61. The Hall–Kier alpha value is -2.95. The van der Waals surface area contributed by atoms with E-state index < -0.39 is 5.97 Å². The Labute approximate surface area is 116 Å². The molecule has 0 heterocycles. The van der Waals surface area contributed by atoms with Crippen molar-refractivity contribution in [1.29, 1.82) is 0 Å². The first-order valence-corrected chi connectivity index (χ1v) is 5.86. The molecule has 0 unspecified atom stereocenters. The molecule has 0 spiro atoms. The molecule has 0 amide bonds. The Morgan fingerprint density at radius 3 is 2.15 bits per heavy atom. The number of hydrogen-bond donors (Lipinski definition) is 0. The fourth-order valence-corrected chi connectivity index (χ4v) is 1.30. The van der Waals surface area contributed by atoms with Crippen LogP contribution in [0.2, 0.25) is 0 Å². The van der Waals surface area contributed by atoms with Crippen LogP contribution in [0.25, 0.3) is 0 Å². The molecule has 0 bridgehead atoms. The first-order chi connectivity index (χ1) is 9.78. The zero-order valence-electron chi connectivity index (χ0n) is 10.6. The van der Waals surface area contributed by atoms with Crippen molar-refractivity contribution in [3.63, 3.8) is 0 Å². The van der Waals surface area contributed by atoms with Crippen molar-refractivity contribution in [3.05, 3.63) is 67.3 Å². The summed E-state index contributed by atoms with van der Waals surface area (Å²) in [6, 6.07) is 16.0. The third-order valence-corrected chi connectivity index (χ3v) is 2.26. The Bertz CT molecular complexity index is 607. The number of azo groups is 1. The first kappa shape index (κ1) is 13.5. The van der Waals surface area contributed by atoms with Gasteiger partial charge in [-0.25, -0.2) is 9.68 Å². The van der Waals surface area contributed by atoms with E-state index in [1.807, 2.05) is 30.3 Å². The van der Waals surface area contributed by atoms with Gasteiger partial charge >= 0.3 is 5.97 Å². The highest BCUT2D eigenvalue weighted by atomic mass is 17.2. The molecule has 0 aromatic heterocycles. The van der Waals surface area contributed by atoms with Crippen LogP contribution < -0.4 is 4.89 Å². The van der Waals surface area contributed by atoms with Crippen molar-refractivity contribution in [2.45, 2.75) is 0 Å². The van der Waals surface area contributed by atoms with Crippen molar-refractivity contribution in [2.75, 3.05) is 0 Å². The summed E-state index contributed by atoms with van der Waals surface area (Å²) < 4.78 is 0. The molecule has 0 fully saturated rings. The lowest BCUT2D eigenvalue weighted by molar-refractivity contribution is -0.207. The molecule has 2 rings (SSSR count). The summed E-state index contributed by atoms with van der Waals surface area (Å²) in [7, 11) is 0. The van der Waals surface area contributed by atoms with Gasteiger partial charge in [0, 0.05) is 6.08 Å². The highest BCUT2D eigenvalue weighted by Crippen LogP contribution is 2.21. The highest BCUT2D eigenvalue weighted by Gasteiger charge is 1.99. The second-order valence-corrected chi connectivity index (χ2v) is 3.72. The van der Waals surface area contributed by atoms with E-state index in [9.17, 15) is 4.79 Å². The summed E-state index contributed by atoms with van der Waals surface area (Å²) in [4.78, 5) is 20.0. The monoisotopic (exact) mass is 268 g/mol. The van der Waals surface area contributed by atoms with Gasteiger partial charge < -0.3 is 0 Å². The van der Waals surface area contributed by atoms with Gasteiger partial charge in [0.15, 0.2) is 5.75 Å². The van der Waals surface area contributed by atoms with Crippen LogP contribution in [0.15, 0.2) is 77.5 Å². The minimum Gasteiger partial charge on any atom is -0.287 e. The van der Waals surface area contributed by atoms with Gasteiger partial charge in [0.05, 0.1) is 11.4 Å². The fourth-order valence-electron chi connectivity index (χ4n) is 1.30. The molecule has 0 saturated heterocycles. The zero-order valence-corrected chi connectivity index (χ0v) is 10.6. The Balaban J connectivity index is 1.96. The van der Waals surface area contributed by atoms with E-state index in [1.165, 1.54) is 0 Å². The van der Waals surface area contributed by atoms with E-state index >= 15 is 0 Å². The Morgan fingerprint density at radius 1 is 0.950 bits per heavy atom. The number of hydrogen-bond acceptors (Lipinski definition) is 5. The van der Waals surface area contributed by atoms with E-state index in [1.54, 1.807) is 24.3 Å². The van der Waals surface area contributed by atoms with Crippen LogP contribution in [0.3, 0.4) is 0 Å². The number of benzene rings is 2. The number of carbonyl (C=O) groups is 1. The molecule has 0 aliphatic carbocycles. The largest absolute Gasteiger partial charge is 0.378 e. The van der Waals surface area contributed by atoms with Crippen molar-refractivity contribution in [2.24, 2.45) is 10.2 Å². The molecular formula is C15H12N2O3. The van der Waals surface area contributed by atoms with Crippen LogP contribution in [0.5, 0.6) is 5.75 Å². The molecule has 0 saturated carbocycles. The van der Waals surface area contributed by atoms with Gasteiger partial charge in [-0.3, -0.25) is 4.89 Å². The molecular weight excluding hydrogens is 256 g/mol. The van der Waals surface area contributed by atoms with Gasteiger partial charge in [0.2, 0.25) is 0 Å². The average molecular weight is 268 g/mol. The summed E-state index contributed by atoms with van der Waals surface area (Å²) >= 11 is 0. The zero-order chi connectivity index (χ0) is 14.2. The summed E-state index contributed by atoms with van der Waals surface area (Å²) in [6.45, 7) is 3.26. The number of rotatable bonds is 5. The van der Waals surface area contributed by atoms with Crippen LogP contribution in [0.4, 0.5) is 11.4 Å². The maximum Gasteiger partial charge on any atom is 0.378 e. The molecule has 5 nitrogen and oxygen atoms in total. The van der Waals surface area contributed by atoms with E-state index in [0.717, 1.165) is 11.8 Å². The summed E-state index contributed by atoms with van der Waals surface area (Å²) in [5.41, 5.74) is 1.43. The predicted octanol–water partition coefficient (Wildman–Crippen LogP) is 4.13. The molecule has 20 heavy (non-hydrogen) atoms. The van der Waals surface area contributed by atoms with E-state index in [0.29, 0.717) is 11.4 Å². The van der Waals surface area contributed by atoms with Gasteiger partial charge in [-0.1, -0.05) is 24.8 Å². The third kappa shape index (κ3) is 4.06. The molecule has 5 heteroatoms. The lowest BCUT2D eigenvalue weighted by Crippen LogP contribution is -2.03. The van der Waals surface area contributed by atoms with Crippen LogP contribution >= 0.6 is 0 Å². The van der Waals surface area contributed by atoms with Gasteiger partial charge in [-0.15, -0.1) is 0 Å². The van der Waals surface area contributed by atoms with Gasteiger partial charge in [0.1, 0.15) is 0 Å². The lowest BCUT2D eigenvalue weighted by atomic mass is 10.3. The van der Waals surface area contributed by atoms with Crippen molar-refractivity contribution in [3.8, 4) is 5.75 Å². The fraction of sp³-hybridized carbons (Fsp3) is 0. The highest BCUT2D eigenvalue weighted by molar-refractivity contribution is 5.80. The summed E-state index contributed by atoms with van der Waals surface area (Å²) in [6.07, 6.45) is 1.02. The molecule has 0 aliphatic rings. The van der Waals surface area contributed by atoms with Crippen molar-refractivity contribution < 1.29 is 14.6 Å². The first-order valence-electron chi connectivity index (χ1n) is 5.86. The van der Waals surface area contributed by atoms with E-state index in [-0.39, 0.29) is 0 Å². The quantitative estimate of drug-likeness (QED) is 0.354. The molecule has 100 valence electrons. The molecule has 2 aromatic rings. The van der Waals surface area contributed by atoms with Gasteiger partial charge in [0.25, 0.3) is 0 Å². The molecule has 0 radical (unpaired) electrons. The average Bonchev–Trinajstić information content (AvgIpc) is 2.52. The molecule has 2 aromatic carbocycles. The second-order valence-electron chi connectivity index (χ2n) is 3.72. The topological polar surface area (TPSA) is 60.2 Å². The summed E-state index contributed by atoms with van der Waals surface area (Å²) in [5.74, 6) is -0.267. The predicted molar refractivity (Wildman–Crippen MR) is 74.0 cm³/mol. The standard InChI is InChI=1S/C15H12N2O3/c1-2-15(18)20-19-14-10-8-13(9-11-14)17-16-12-6-4-3-5-7-12/h2-11H,1H2. The third-order valence-electron chi connectivity index (χ3n) is 2.26. The van der Waals surface area contributed by atoms with Crippen LogP contribution in [0.1, 0.15) is 0 Å². The van der Waals surface area contributed by atoms with E-state index in [2.05, 4.69) is 21.7 Å². The minimum absolute atomic E-state index is 0.388. The maximum atomic E-state index is 10.8. The van der Waals surface area contributed by atoms with Crippen molar-refractivity contribution in [1.82, 2.24) is 0 Å². The molecule has 0 atom stereocenters. The van der Waals surface area contributed by atoms with Crippen LogP contribution in [-0.2, 0) is 9.68 Å². The lowest BCUT2D eigenvalue weighted by Gasteiger charge is -2.01. The minimum atomic E-state index is -0.655. The van der Waals surface area contributed by atoms with Crippen LogP contribution in [-0.4, -0.2) is 5.97 Å². The number of carbonyl (C=O) groups excluding carboxylic acids is 1. The Morgan fingerprint density at radius 2 is 1.55 bits per heavy atom. The SMILES string of the molecule is C=CC(=O)OOc1ccc(N=Nc2ccccc2)cc1. The molecule has 0 N–H and O–H groups in total. The van der Waals surface area contributed by atoms with Crippen LogP contribution in [0, 0.1) is 0 Å². The smallest absolute Gasteiger partial charge is 0.287 e. The number of nitrogens with zero attached hydrogens (tertiary/aromatic N) is 2. The van der Waals surface area contributed by atoms with Crippen molar-refractivity contribution >= 4 is 17.3 Å². The summed E-state index contributed by atoms with van der Waals surface area (Å²) in [5, 5.41) is 8.15. The van der Waals surface area contributed by atoms with Gasteiger partial charge in [-0.2, -0.15) is 10.2 Å². The molecule has 0 aliphatic heterocycles. The van der Waals surface area contributed by atoms with Gasteiger partial charge in [-0.05, 0) is 36.4 Å². The normalized spacial score (nSPS) is 10.2. The van der Waals surface area contributed by atoms with E-state index in [4.69, 9.17) is 4.89 Å². The maximum absolute atomic E-state index is 10.8. The second kappa shape index (κ2) is 6.84.